The predicted molar refractivity (Wildman–Crippen MR) is 109 cm³/mol. The third-order valence-electron chi connectivity index (χ3n) is 5.42. The van der Waals surface area contributed by atoms with Crippen LogP contribution < -0.4 is 5.32 Å². The van der Waals surface area contributed by atoms with E-state index < -0.39 is 11.6 Å². The Labute approximate surface area is 163 Å². The summed E-state index contributed by atoms with van der Waals surface area (Å²) >= 11 is 0. The highest BCUT2D eigenvalue weighted by molar-refractivity contribution is 6.50. The second-order valence-corrected chi connectivity index (χ2v) is 8.33. The second kappa shape index (κ2) is 8.73. The van der Waals surface area contributed by atoms with Crippen LogP contribution in [0.3, 0.4) is 0 Å². The molecular formula is C23H33NO3. The van der Waals surface area contributed by atoms with Crippen molar-refractivity contribution in [3.05, 3.63) is 46.4 Å². The number of ketones is 2. The average Bonchev–Trinajstić information content (AvgIpc) is 2.59. The van der Waals surface area contributed by atoms with E-state index in [9.17, 15) is 14.7 Å². The van der Waals surface area contributed by atoms with Crippen molar-refractivity contribution in [2.45, 2.75) is 60.3 Å². The summed E-state index contributed by atoms with van der Waals surface area (Å²) in [6.45, 7) is 14.8. The van der Waals surface area contributed by atoms with E-state index in [1.807, 2.05) is 26.8 Å². The molecule has 2 aliphatic rings. The van der Waals surface area contributed by atoms with Gasteiger partial charge in [-0.15, -0.1) is 0 Å². The number of rotatable bonds is 7. The molecule has 0 saturated heterocycles. The zero-order valence-corrected chi connectivity index (χ0v) is 17.3. The summed E-state index contributed by atoms with van der Waals surface area (Å²) in [5, 5.41) is 14.3. The molecule has 1 unspecified atom stereocenters. The van der Waals surface area contributed by atoms with Crippen molar-refractivity contribution in [2.24, 2.45) is 17.8 Å². The molecule has 148 valence electrons. The standard InChI is InChI=1S/C23H33NO3/c1-7-8-17-20(24-12-13(2)3)22(26)19(23(27)21(17)25)18-11-15(6)9-10-16(18)14(4)5/h11,13,16,18,24,26H,4,7-10,12H2,1-3,5-6H3/t16-,18?/m0/s1. The molecule has 27 heavy (non-hydrogen) atoms. The maximum absolute atomic E-state index is 13.0. The fourth-order valence-corrected chi connectivity index (χ4v) is 3.96. The topological polar surface area (TPSA) is 66.4 Å². The third kappa shape index (κ3) is 4.42. The fourth-order valence-electron chi connectivity index (χ4n) is 3.96. The molecule has 2 aliphatic carbocycles. The SMILES string of the molecule is C=C(C)[C@@H]1CCC(C)=CC1C1=C(O)C(NCC(C)C)=C(CCC)C(=O)C1=O. The second-order valence-electron chi connectivity index (χ2n) is 8.33. The zero-order valence-electron chi connectivity index (χ0n) is 17.3. The lowest BCUT2D eigenvalue weighted by atomic mass is 9.70. The molecule has 0 heterocycles. The molecule has 2 rings (SSSR count). The summed E-state index contributed by atoms with van der Waals surface area (Å²) in [7, 11) is 0. The minimum absolute atomic E-state index is 0.0501. The molecule has 0 bridgehead atoms. The van der Waals surface area contributed by atoms with Crippen molar-refractivity contribution in [2.75, 3.05) is 6.54 Å². The molecule has 0 aromatic rings. The van der Waals surface area contributed by atoms with Crippen LogP contribution in [-0.2, 0) is 9.59 Å². The van der Waals surface area contributed by atoms with Crippen molar-refractivity contribution in [1.82, 2.24) is 5.32 Å². The Morgan fingerprint density at radius 3 is 2.56 bits per heavy atom. The molecule has 4 heteroatoms. The third-order valence-corrected chi connectivity index (χ3v) is 5.42. The maximum Gasteiger partial charge on any atom is 0.233 e. The van der Waals surface area contributed by atoms with Gasteiger partial charge in [-0.2, -0.15) is 0 Å². The quantitative estimate of drug-likeness (QED) is 0.383. The van der Waals surface area contributed by atoms with Crippen LogP contribution >= 0.6 is 0 Å². The number of Topliss-reactive ketones (excluding diaryl/α,β-unsaturated/α-hetero) is 2. The van der Waals surface area contributed by atoms with Crippen molar-refractivity contribution in [3.8, 4) is 0 Å². The van der Waals surface area contributed by atoms with Crippen molar-refractivity contribution in [1.29, 1.82) is 0 Å². The maximum atomic E-state index is 13.0. The van der Waals surface area contributed by atoms with E-state index in [4.69, 9.17) is 0 Å². The molecule has 0 radical (unpaired) electrons. The van der Waals surface area contributed by atoms with Crippen LogP contribution in [0.25, 0.3) is 0 Å². The van der Waals surface area contributed by atoms with E-state index in [0.29, 0.717) is 30.2 Å². The number of carbonyl (C=O) groups is 2. The molecule has 4 nitrogen and oxygen atoms in total. The summed E-state index contributed by atoms with van der Waals surface area (Å²) in [6.07, 6.45) is 5.07. The normalized spacial score (nSPS) is 23.9. The molecule has 0 saturated carbocycles. The van der Waals surface area contributed by atoms with Gasteiger partial charge in [-0.1, -0.05) is 51.0 Å². The molecule has 0 amide bonds. The number of aliphatic hydroxyl groups is 1. The first-order valence-electron chi connectivity index (χ1n) is 10.0. The van der Waals surface area contributed by atoms with Crippen LogP contribution in [0.4, 0.5) is 0 Å². The highest BCUT2D eigenvalue weighted by Gasteiger charge is 2.41. The summed E-state index contributed by atoms with van der Waals surface area (Å²) < 4.78 is 0. The van der Waals surface area contributed by atoms with Gasteiger partial charge in [-0.25, -0.2) is 0 Å². The Hall–Kier alpha value is -2.10. The predicted octanol–water partition coefficient (Wildman–Crippen LogP) is 4.80. The van der Waals surface area contributed by atoms with Crippen LogP contribution in [0.5, 0.6) is 0 Å². The number of aliphatic hydroxyl groups excluding tert-OH is 1. The summed E-state index contributed by atoms with van der Waals surface area (Å²) in [5.74, 6) is -0.982. The molecule has 0 fully saturated rings. The van der Waals surface area contributed by atoms with Gasteiger partial charge in [0.15, 0.2) is 0 Å². The molecule has 0 aliphatic heterocycles. The van der Waals surface area contributed by atoms with Gasteiger partial charge in [0.05, 0.1) is 11.3 Å². The van der Waals surface area contributed by atoms with Gasteiger partial charge in [0.2, 0.25) is 11.6 Å². The van der Waals surface area contributed by atoms with Crippen molar-refractivity contribution >= 4 is 11.6 Å². The van der Waals surface area contributed by atoms with Gasteiger partial charge in [0, 0.05) is 18.0 Å². The van der Waals surface area contributed by atoms with E-state index in [0.717, 1.165) is 24.8 Å². The molecule has 0 aromatic heterocycles. The first kappa shape index (κ1) is 21.2. The Morgan fingerprint density at radius 2 is 2.00 bits per heavy atom. The molecular weight excluding hydrogens is 338 g/mol. The lowest BCUT2D eigenvalue weighted by molar-refractivity contribution is -0.133. The smallest absolute Gasteiger partial charge is 0.233 e. The first-order chi connectivity index (χ1) is 12.7. The molecule has 0 spiro atoms. The number of hydrogen-bond donors (Lipinski definition) is 2. The Kier molecular flexibility index (Phi) is 6.85. The lowest BCUT2D eigenvalue weighted by Crippen LogP contribution is -2.37. The van der Waals surface area contributed by atoms with Gasteiger partial charge in [0.25, 0.3) is 0 Å². The largest absolute Gasteiger partial charge is 0.505 e. The van der Waals surface area contributed by atoms with Crippen molar-refractivity contribution in [3.63, 3.8) is 0 Å². The van der Waals surface area contributed by atoms with Gasteiger partial charge in [-0.3, -0.25) is 9.59 Å². The van der Waals surface area contributed by atoms with Gasteiger partial charge in [0.1, 0.15) is 5.76 Å². The van der Waals surface area contributed by atoms with Crippen LogP contribution in [0.15, 0.2) is 46.4 Å². The Morgan fingerprint density at radius 1 is 1.33 bits per heavy atom. The highest BCUT2D eigenvalue weighted by Crippen LogP contribution is 2.41. The Balaban J connectivity index is 2.61. The molecule has 0 aromatic carbocycles. The van der Waals surface area contributed by atoms with Gasteiger partial charge < -0.3 is 10.4 Å². The molecule has 2 atom stereocenters. The minimum Gasteiger partial charge on any atom is -0.505 e. The van der Waals surface area contributed by atoms with Gasteiger partial charge >= 0.3 is 0 Å². The van der Waals surface area contributed by atoms with Crippen LogP contribution in [0, 0.1) is 17.8 Å². The number of carbonyl (C=O) groups excluding carboxylic acids is 2. The van der Waals surface area contributed by atoms with Crippen molar-refractivity contribution < 1.29 is 14.7 Å². The number of hydrogen-bond acceptors (Lipinski definition) is 4. The van der Waals surface area contributed by atoms with E-state index in [1.54, 1.807) is 0 Å². The first-order valence-corrected chi connectivity index (χ1v) is 10.0. The number of nitrogens with one attached hydrogen (secondary N) is 1. The monoisotopic (exact) mass is 371 g/mol. The minimum atomic E-state index is -0.562. The average molecular weight is 372 g/mol. The van der Waals surface area contributed by atoms with E-state index in [2.05, 4.69) is 25.7 Å². The molecule has 2 N–H and O–H groups in total. The van der Waals surface area contributed by atoms with Gasteiger partial charge in [-0.05, 0) is 44.9 Å². The summed E-state index contributed by atoms with van der Waals surface area (Å²) in [4.78, 5) is 25.9. The van der Waals surface area contributed by atoms with E-state index in [-0.39, 0.29) is 23.2 Å². The Bertz CT molecular complexity index is 737. The summed E-state index contributed by atoms with van der Waals surface area (Å²) in [6, 6.07) is 0. The van der Waals surface area contributed by atoms with Crippen LogP contribution in [-0.4, -0.2) is 23.2 Å². The van der Waals surface area contributed by atoms with E-state index >= 15 is 0 Å². The summed E-state index contributed by atoms with van der Waals surface area (Å²) in [5.41, 5.74) is 3.25. The lowest BCUT2D eigenvalue weighted by Gasteiger charge is -2.34. The highest BCUT2D eigenvalue weighted by atomic mass is 16.3. The zero-order chi connectivity index (χ0) is 20.3. The van der Waals surface area contributed by atoms with E-state index in [1.165, 1.54) is 5.57 Å². The number of allylic oxidation sites excluding steroid dienone is 5. The van der Waals surface area contributed by atoms with Crippen LogP contribution in [0.1, 0.15) is 60.3 Å². The fraction of sp³-hybridized carbons (Fsp3) is 0.565. The van der Waals surface area contributed by atoms with Crippen LogP contribution in [0.2, 0.25) is 0 Å².